The van der Waals surface area contributed by atoms with Gasteiger partial charge in [0.1, 0.15) is 11.4 Å². The highest BCUT2D eigenvalue weighted by atomic mass is 79.9. The molecule has 0 fully saturated rings. The molecule has 4 aromatic rings. The summed E-state index contributed by atoms with van der Waals surface area (Å²) in [5.41, 5.74) is 3.93. The van der Waals surface area contributed by atoms with Gasteiger partial charge in [-0.25, -0.2) is 9.78 Å². The fourth-order valence-corrected chi connectivity index (χ4v) is 3.21. The normalized spacial score (nSPS) is 10.6. The molecule has 0 aliphatic heterocycles. The molecule has 7 heteroatoms. The van der Waals surface area contributed by atoms with Crippen molar-refractivity contribution in [1.29, 1.82) is 0 Å². The van der Waals surface area contributed by atoms with E-state index in [0.717, 1.165) is 21.4 Å². The Hall–Kier alpha value is -3.32. The summed E-state index contributed by atoms with van der Waals surface area (Å²) in [5, 5.41) is 5.65. The molecular formula is C21H17BrN4O2. The quantitative estimate of drug-likeness (QED) is 0.448. The van der Waals surface area contributed by atoms with E-state index in [9.17, 15) is 4.79 Å². The lowest BCUT2D eigenvalue weighted by atomic mass is 10.1. The van der Waals surface area contributed by atoms with Gasteiger partial charge in [0.2, 0.25) is 0 Å². The van der Waals surface area contributed by atoms with Gasteiger partial charge in [-0.2, -0.15) is 0 Å². The van der Waals surface area contributed by atoms with Crippen molar-refractivity contribution in [3.63, 3.8) is 0 Å². The van der Waals surface area contributed by atoms with Crippen LogP contribution in [-0.4, -0.2) is 22.5 Å². The minimum atomic E-state index is -0.329. The Morgan fingerprint density at radius 1 is 1.00 bits per heavy atom. The van der Waals surface area contributed by atoms with Gasteiger partial charge < -0.3 is 19.8 Å². The van der Waals surface area contributed by atoms with E-state index in [0.29, 0.717) is 17.1 Å². The number of rotatable bonds is 4. The van der Waals surface area contributed by atoms with Crippen molar-refractivity contribution in [3.8, 4) is 17.0 Å². The average molecular weight is 437 g/mol. The lowest BCUT2D eigenvalue weighted by Crippen LogP contribution is -2.19. The number of benzene rings is 2. The van der Waals surface area contributed by atoms with Gasteiger partial charge in [0.05, 0.1) is 12.8 Å². The zero-order valence-corrected chi connectivity index (χ0v) is 16.6. The van der Waals surface area contributed by atoms with E-state index in [1.54, 1.807) is 19.2 Å². The number of anilines is 2. The molecule has 140 valence electrons. The standard InChI is InChI=1S/C21H17BrN4O2/c1-28-18-7-3-6-17(11-18)24-21(27)23-16-5-2-4-14(10-16)19-13-26-12-15(22)8-9-20(26)25-19/h2-13H,1H3,(H2,23,24,27). The maximum absolute atomic E-state index is 12.3. The number of carbonyl (C=O) groups is 1. The Morgan fingerprint density at radius 3 is 2.54 bits per heavy atom. The molecule has 0 radical (unpaired) electrons. The van der Waals surface area contributed by atoms with Crippen molar-refractivity contribution >= 4 is 39.0 Å². The summed E-state index contributed by atoms with van der Waals surface area (Å²) >= 11 is 3.46. The summed E-state index contributed by atoms with van der Waals surface area (Å²) in [6.45, 7) is 0. The summed E-state index contributed by atoms with van der Waals surface area (Å²) in [6, 6.07) is 18.3. The van der Waals surface area contributed by atoms with Crippen molar-refractivity contribution < 1.29 is 9.53 Å². The van der Waals surface area contributed by atoms with Gasteiger partial charge in [0.15, 0.2) is 0 Å². The molecule has 0 saturated heterocycles. The molecule has 2 aromatic carbocycles. The summed E-state index contributed by atoms with van der Waals surface area (Å²) in [6.07, 6.45) is 3.91. The van der Waals surface area contributed by atoms with Gasteiger partial charge in [-0.15, -0.1) is 0 Å². The molecular weight excluding hydrogens is 420 g/mol. The highest BCUT2D eigenvalue weighted by Gasteiger charge is 2.08. The molecule has 0 bridgehead atoms. The first kappa shape index (κ1) is 18.1. The largest absolute Gasteiger partial charge is 0.497 e. The van der Waals surface area contributed by atoms with Crippen molar-refractivity contribution in [2.75, 3.05) is 17.7 Å². The SMILES string of the molecule is COc1cccc(NC(=O)Nc2cccc(-c3cn4cc(Br)ccc4n3)c2)c1. The predicted molar refractivity (Wildman–Crippen MR) is 114 cm³/mol. The van der Waals surface area contributed by atoms with E-state index >= 15 is 0 Å². The van der Waals surface area contributed by atoms with Crippen LogP contribution >= 0.6 is 15.9 Å². The van der Waals surface area contributed by atoms with Crippen LogP contribution in [0.15, 0.2) is 77.5 Å². The maximum atomic E-state index is 12.3. The second kappa shape index (κ2) is 7.74. The lowest BCUT2D eigenvalue weighted by Gasteiger charge is -2.09. The van der Waals surface area contributed by atoms with Crippen LogP contribution in [0.5, 0.6) is 5.75 Å². The van der Waals surface area contributed by atoms with Crippen molar-refractivity contribution in [2.24, 2.45) is 0 Å². The van der Waals surface area contributed by atoms with E-state index < -0.39 is 0 Å². The Bertz CT molecular complexity index is 1160. The third-order valence-corrected chi connectivity index (χ3v) is 4.63. The Kier molecular flexibility index (Phi) is 4.99. The number of urea groups is 1. The van der Waals surface area contributed by atoms with Crippen molar-refractivity contribution in [3.05, 3.63) is 77.5 Å². The summed E-state index contributed by atoms with van der Waals surface area (Å²) < 4.78 is 8.10. The van der Waals surface area contributed by atoms with E-state index in [-0.39, 0.29) is 6.03 Å². The summed E-state index contributed by atoms with van der Waals surface area (Å²) in [5.74, 6) is 0.679. The molecule has 6 nitrogen and oxygen atoms in total. The molecule has 0 aliphatic rings. The van der Waals surface area contributed by atoms with Crippen LogP contribution in [0.4, 0.5) is 16.2 Å². The number of hydrogen-bond acceptors (Lipinski definition) is 3. The predicted octanol–water partition coefficient (Wildman–Crippen LogP) is 5.42. The highest BCUT2D eigenvalue weighted by molar-refractivity contribution is 9.10. The number of ether oxygens (including phenoxy) is 1. The smallest absolute Gasteiger partial charge is 0.323 e. The zero-order valence-electron chi connectivity index (χ0n) is 15.0. The molecule has 0 atom stereocenters. The number of methoxy groups -OCH3 is 1. The fourth-order valence-electron chi connectivity index (χ4n) is 2.85. The molecule has 2 heterocycles. The first-order valence-electron chi connectivity index (χ1n) is 8.57. The summed E-state index contributed by atoms with van der Waals surface area (Å²) in [4.78, 5) is 17.0. The number of halogens is 1. The first-order valence-corrected chi connectivity index (χ1v) is 9.37. The number of carbonyl (C=O) groups excluding carboxylic acids is 1. The Labute approximate surface area is 170 Å². The maximum Gasteiger partial charge on any atom is 0.323 e. The van der Waals surface area contributed by atoms with Gasteiger partial charge in [-0.1, -0.05) is 18.2 Å². The van der Waals surface area contributed by atoms with Crippen LogP contribution in [0.3, 0.4) is 0 Å². The molecule has 0 unspecified atom stereocenters. The highest BCUT2D eigenvalue weighted by Crippen LogP contribution is 2.24. The van der Waals surface area contributed by atoms with Crippen molar-refractivity contribution in [2.45, 2.75) is 0 Å². The van der Waals surface area contributed by atoms with Gasteiger partial charge in [-0.05, 0) is 52.3 Å². The minimum Gasteiger partial charge on any atom is -0.497 e. The van der Waals surface area contributed by atoms with Crippen molar-refractivity contribution in [1.82, 2.24) is 9.38 Å². The van der Waals surface area contributed by atoms with E-state index in [2.05, 4.69) is 31.5 Å². The van der Waals surface area contributed by atoms with Crippen LogP contribution in [-0.2, 0) is 0 Å². The molecule has 2 amide bonds. The number of aromatic nitrogens is 2. The second-order valence-corrected chi connectivity index (χ2v) is 7.05. The Morgan fingerprint density at radius 2 is 1.75 bits per heavy atom. The van der Waals surface area contributed by atoms with Crippen LogP contribution < -0.4 is 15.4 Å². The van der Waals surface area contributed by atoms with Gasteiger partial charge in [-0.3, -0.25) is 0 Å². The van der Waals surface area contributed by atoms with Crippen LogP contribution in [0, 0.1) is 0 Å². The van der Waals surface area contributed by atoms with E-state index in [1.807, 2.05) is 65.3 Å². The molecule has 2 N–H and O–H groups in total. The Balaban J connectivity index is 1.52. The molecule has 2 aromatic heterocycles. The molecule has 28 heavy (non-hydrogen) atoms. The summed E-state index contributed by atoms with van der Waals surface area (Å²) in [7, 11) is 1.59. The zero-order chi connectivity index (χ0) is 19.5. The number of hydrogen-bond donors (Lipinski definition) is 2. The number of amides is 2. The van der Waals surface area contributed by atoms with E-state index in [1.165, 1.54) is 0 Å². The number of nitrogens with one attached hydrogen (secondary N) is 2. The minimum absolute atomic E-state index is 0.329. The fraction of sp³-hybridized carbons (Fsp3) is 0.0476. The lowest BCUT2D eigenvalue weighted by molar-refractivity contribution is 0.262. The molecule has 0 aliphatic carbocycles. The van der Waals surface area contributed by atoms with Gasteiger partial charge in [0.25, 0.3) is 0 Å². The number of pyridine rings is 1. The number of fused-ring (bicyclic) bond motifs is 1. The second-order valence-electron chi connectivity index (χ2n) is 6.13. The third kappa shape index (κ3) is 3.99. The number of imidazole rings is 1. The topological polar surface area (TPSA) is 67.7 Å². The molecule has 0 spiro atoms. The first-order chi connectivity index (χ1) is 13.6. The molecule has 0 saturated carbocycles. The monoisotopic (exact) mass is 436 g/mol. The van der Waals surface area contributed by atoms with Gasteiger partial charge in [0, 0.05) is 39.9 Å². The molecule has 4 rings (SSSR count). The third-order valence-electron chi connectivity index (χ3n) is 4.16. The van der Waals surface area contributed by atoms with Gasteiger partial charge >= 0.3 is 6.03 Å². The van der Waals surface area contributed by atoms with E-state index in [4.69, 9.17) is 4.74 Å². The van der Waals surface area contributed by atoms with Crippen LogP contribution in [0.25, 0.3) is 16.9 Å². The average Bonchev–Trinajstić information content (AvgIpc) is 3.11. The number of nitrogens with zero attached hydrogens (tertiary/aromatic N) is 2. The van der Waals surface area contributed by atoms with Crippen LogP contribution in [0.1, 0.15) is 0 Å². The van der Waals surface area contributed by atoms with Crippen LogP contribution in [0.2, 0.25) is 0 Å².